The Labute approximate surface area is 165 Å². The summed E-state index contributed by atoms with van der Waals surface area (Å²) in [6.45, 7) is 2.73. The van der Waals surface area contributed by atoms with Crippen LogP contribution in [0.25, 0.3) is 5.69 Å². The number of hydrogen-bond acceptors (Lipinski definition) is 5. The van der Waals surface area contributed by atoms with Crippen LogP contribution in [-0.2, 0) is 4.74 Å². The second-order valence-electron chi connectivity index (χ2n) is 6.35. The molecule has 1 aliphatic rings. The van der Waals surface area contributed by atoms with Gasteiger partial charge in [0.15, 0.2) is 5.69 Å². The molecule has 1 amide bonds. The molecule has 0 bridgehead atoms. The van der Waals surface area contributed by atoms with Gasteiger partial charge in [-0.3, -0.25) is 4.79 Å². The Morgan fingerprint density at radius 3 is 2.56 bits per heavy atom. The summed E-state index contributed by atoms with van der Waals surface area (Å²) in [4.78, 5) is 14.5. The minimum atomic E-state index is -0.0299. The Hall–Kier alpha value is -2.09. The van der Waals surface area contributed by atoms with Crippen molar-refractivity contribution in [1.29, 1.82) is 0 Å². The molecule has 0 unspecified atom stereocenters. The van der Waals surface area contributed by atoms with Crippen LogP contribution < -0.4 is 10.5 Å². The van der Waals surface area contributed by atoms with Crippen molar-refractivity contribution in [2.24, 2.45) is 5.73 Å². The van der Waals surface area contributed by atoms with Crippen LogP contribution in [-0.4, -0.2) is 60.0 Å². The van der Waals surface area contributed by atoms with Gasteiger partial charge in [-0.1, -0.05) is 0 Å². The van der Waals surface area contributed by atoms with Gasteiger partial charge in [-0.25, -0.2) is 4.68 Å². The van der Waals surface area contributed by atoms with Crippen LogP contribution in [0.15, 0.2) is 36.5 Å². The first-order chi connectivity index (χ1) is 12.7. The smallest absolute Gasteiger partial charge is 0.274 e. The van der Waals surface area contributed by atoms with Gasteiger partial charge < -0.3 is 20.1 Å². The van der Waals surface area contributed by atoms with E-state index in [0.29, 0.717) is 31.9 Å². The zero-order valence-electron chi connectivity index (χ0n) is 15.5. The van der Waals surface area contributed by atoms with E-state index in [4.69, 9.17) is 15.2 Å². The highest BCUT2D eigenvalue weighted by atomic mass is 35.5. The lowest BCUT2D eigenvalue weighted by Crippen LogP contribution is -2.41. The molecule has 0 radical (unpaired) electrons. The van der Waals surface area contributed by atoms with E-state index in [2.05, 4.69) is 5.10 Å². The average Bonchev–Trinajstić information content (AvgIpc) is 3.18. The van der Waals surface area contributed by atoms with Crippen LogP contribution in [0.5, 0.6) is 5.75 Å². The van der Waals surface area contributed by atoms with Crippen LogP contribution in [0.3, 0.4) is 0 Å². The van der Waals surface area contributed by atoms with Gasteiger partial charge >= 0.3 is 0 Å². The third-order valence-electron chi connectivity index (χ3n) is 4.58. The van der Waals surface area contributed by atoms with Crippen LogP contribution in [0.1, 0.15) is 29.8 Å². The molecular formula is C19H27ClN4O3. The monoisotopic (exact) mass is 394 g/mol. The van der Waals surface area contributed by atoms with Gasteiger partial charge in [0.25, 0.3) is 5.91 Å². The summed E-state index contributed by atoms with van der Waals surface area (Å²) in [6, 6.07) is 9.31. The molecule has 2 aromatic rings. The lowest BCUT2D eigenvalue weighted by atomic mass is 10.1. The van der Waals surface area contributed by atoms with E-state index >= 15 is 0 Å². The Morgan fingerprint density at radius 1 is 1.22 bits per heavy atom. The number of halogens is 1. The highest BCUT2D eigenvalue weighted by molar-refractivity contribution is 5.92. The average molecular weight is 395 g/mol. The van der Waals surface area contributed by atoms with Crippen molar-refractivity contribution in [3.8, 4) is 11.4 Å². The molecule has 148 valence electrons. The summed E-state index contributed by atoms with van der Waals surface area (Å²) in [6.07, 6.45) is 4.62. The quantitative estimate of drug-likeness (QED) is 0.728. The summed E-state index contributed by atoms with van der Waals surface area (Å²) in [5.74, 6) is 0.756. The van der Waals surface area contributed by atoms with E-state index in [1.807, 2.05) is 29.2 Å². The highest BCUT2D eigenvalue weighted by Gasteiger charge is 2.25. The maximum absolute atomic E-state index is 12.7. The van der Waals surface area contributed by atoms with Crippen molar-refractivity contribution < 1.29 is 14.3 Å². The molecule has 2 heterocycles. The predicted molar refractivity (Wildman–Crippen MR) is 106 cm³/mol. The van der Waals surface area contributed by atoms with Gasteiger partial charge in [-0.15, -0.1) is 12.4 Å². The number of ether oxygens (including phenoxy) is 2. The van der Waals surface area contributed by atoms with Gasteiger partial charge in [0.1, 0.15) is 5.75 Å². The third kappa shape index (κ3) is 5.45. The summed E-state index contributed by atoms with van der Waals surface area (Å²) in [5.41, 5.74) is 6.83. The Balaban J connectivity index is 0.00000261. The summed E-state index contributed by atoms with van der Waals surface area (Å²) in [5, 5.41) is 4.43. The lowest BCUT2D eigenvalue weighted by Gasteiger charge is -2.31. The number of piperidine rings is 1. The maximum atomic E-state index is 12.7. The van der Waals surface area contributed by atoms with E-state index in [1.54, 1.807) is 24.1 Å². The first-order valence-corrected chi connectivity index (χ1v) is 9.02. The second-order valence-corrected chi connectivity index (χ2v) is 6.35. The number of aromatic nitrogens is 2. The number of nitrogens with two attached hydrogens (primary N) is 1. The maximum Gasteiger partial charge on any atom is 0.274 e. The number of hydrogen-bond donors (Lipinski definition) is 1. The van der Waals surface area contributed by atoms with Crippen LogP contribution in [0.4, 0.5) is 0 Å². The minimum absolute atomic E-state index is 0. The lowest BCUT2D eigenvalue weighted by molar-refractivity contribution is 0.00828. The summed E-state index contributed by atoms with van der Waals surface area (Å²) in [7, 11) is 1.63. The van der Waals surface area contributed by atoms with Crippen LogP contribution >= 0.6 is 12.4 Å². The Kier molecular flexibility index (Phi) is 8.09. The van der Waals surface area contributed by atoms with Crippen LogP contribution in [0, 0.1) is 0 Å². The molecule has 1 aromatic heterocycles. The number of benzene rings is 1. The fourth-order valence-electron chi connectivity index (χ4n) is 3.04. The molecule has 27 heavy (non-hydrogen) atoms. The molecule has 0 spiro atoms. The molecule has 3 rings (SSSR count). The van der Waals surface area contributed by atoms with Gasteiger partial charge in [-0.2, -0.15) is 5.10 Å². The van der Waals surface area contributed by atoms with Crippen molar-refractivity contribution in [3.05, 3.63) is 42.2 Å². The molecule has 0 atom stereocenters. The molecule has 0 aliphatic carbocycles. The Morgan fingerprint density at radius 2 is 1.93 bits per heavy atom. The van der Waals surface area contributed by atoms with Gasteiger partial charge in [-0.05, 0) is 56.1 Å². The van der Waals surface area contributed by atoms with Crippen molar-refractivity contribution in [2.45, 2.75) is 25.4 Å². The standard InChI is InChI=1S/C19H26N4O3.ClH/c1-25-16-5-3-15(4-6-16)23-13-9-18(21-23)19(24)22-11-7-17(8-12-22)26-14-2-10-20;/h3-6,9,13,17H,2,7-8,10-12,14,20H2,1H3;1H. The fourth-order valence-corrected chi connectivity index (χ4v) is 3.04. The number of nitrogens with zero attached hydrogens (tertiary/aromatic N) is 3. The fraction of sp³-hybridized carbons (Fsp3) is 0.474. The molecule has 1 fully saturated rings. The largest absolute Gasteiger partial charge is 0.497 e. The molecule has 1 saturated heterocycles. The molecule has 7 nitrogen and oxygen atoms in total. The molecule has 1 aromatic carbocycles. The van der Waals surface area contributed by atoms with Crippen molar-refractivity contribution in [3.63, 3.8) is 0 Å². The predicted octanol–water partition coefficient (Wildman–Crippen LogP) is 2.27. The van der Waals surface area contributed by atoms with E-state index in [9.17, 15) is 4.79 Å². The number of rotatable bonds is 7. The zero-order chi connectivity index (χ0) is 18.4. The van der Waals surface area contributed by atoms with E-state index in [0.717, 1.165) is 30.7 Å². The van der Waals surface area contributed by atoms with Crippen molar-refractivity contribution >= 4 is 18.3 Å². The van der Waals surface area contributed by atoms with Gasteiger partial charge in [0, 0.05) is 25.9 Å². The first kappa shape index (κ1) is 21.2. The van der Waals surface area contributed by atoms with E-state index in [-0.39, 0.29) is 24.4 Å². The summed E-state index contributed by atoms with van der Waals surface area (Å²) >= 11 is 0. The molecule has 1 aliphatic heterocycles. The number of carbonyl (C=O) groups excluding carboxylic acids is 1. The second kappa shape index (κ2) is 10.3. The van der Waals surface area contributed by atoms with Crippen LogP contribution in [0.2, 0.25) is 0 Å². The number of methoxy groups -OCH3 is 1. The number of carbonyl (C=O) groups is 1. The number of likely N-dealkylation sites (tertiary alicyclic amines) is 1. The minimum Gasteiger partial charge on any atom is -0.497 e. The molecule has 0 saturated carbocycles. The third-order valence-corrected chi connectivity index (χ3v) is 4.58. The molecular weight excluding hydrogens is 368 g/mol. The van der Waals surface area contributed by atoms with Gasteiger partial charge in [0.2, 0.25) is 0 Å². The summed E-state index contributed by atoms with van der Waals surface area (Å²) < 4.78 is 12.7. The van der Waals surface area contributed by atoms with Crippen molar-refractivity contribution in [1.82, 2.24) is 14.7 Å². The van der Waals surface area contributed by atoms with Gasteiger partial charge in [0.05, 0.1) is 18.9 Å². The first-order valence-electron chi connectivity index (χ1n) is 9.02. The normalized spacial score (nSPS) is 14.7. The SMILES string of the molecule is COc1ccc(-n2ccc(C(=O)N3CCC(OCCCN)CC3)n2)cc1.Cl. The van der Waals surface area contributed by atoms with E-state index < -0.39 is 0 Å². The van der Waals surface area contributed by atoms with E-state index in [1.165, 1.54) is 0 Å². The number of amides is 1. The molecule has 2 N–H and O–H groups in total. The Bertz CT molecular complexity index is 712. The van der Waals surface area contributed by atoms with Crippen molar-refractivity contribution in [2.75, 3.05) is 33.4 Å². The topological polar surface area (TPSA) is 82.6 Å². The zero-order valence-corrected chi connectivity index (χ0v) is 16.4. The molecule has 8 heteroatoms. The highest BCUT2D eigenvalue weighted by Crippen LogP contribution is 2.18.